The fourth-order valence-electron chi connectivity index (χ4n) is 3.89. The highest BCUT2D eigenvalue weighted by Gasteiger charge is 2.44. The maximum absolute atomic E-state index is 5.65. The third kappa shape index (κ3) is 1.30. The van der Waals surface area contributed by atoms with Crippen molar-refractivity contribution in [1.82, 2.24) is 0 Å². The second kappa shape index (κ2) is 3.26. The Kier molecular flexibility index (Phi) is 2.07. The fourth-order valence-corrected chi connectivity index (χ4v) is 3.89. The van der Waals surface area contributed by atoms with E-state index in [9.17, 15) is 0 Å². The SMILES string of the molecule is C=C1CC[C@@H]2[C@H](C1)Cc1occc1C2(C)C. The number of fused-ring (bicyclic) bond motifs is 2. The van der Waals surface area contributed by atoms with Crippen LogP contribution in [0.2, 0.25) is 0 Å². The highest BCUT2D eigenvalue weighted by atomic mass is 16.3. The predicted octanol–water partition coefficient (Wildman–Crippen LogP) is 4.09. The lowest BCUT2D eigenvalue weighted by Crippen LogP contribution is -2.41. The first-order chi connectivity index (χ1) is 7.59. The minimum atomic E-state index is 0.284. The Balaban J connectivity index is 2.03. The van der Waals surface area contributed by atoms with E-state index in [-0.39, 0.29) is 5.41 Å². The first-order valence-electron chi connectivity index (χ1n) is 6.32. The van der Waals surface area contributed by atoms with Crippen molar-refractivity contribution in [2.45, 2.75) is 44.9 Å². The largest absolute Gasteiger partial charge is 0.469 e. The molecule has 0 saturated heterocycles. The predicted molar refractivity (Wildman–Crippen MR) is 65.4 cm³/mol. The normalized spacial score (nSPS) is 32.0. The first-order valence-corrected chi connectivity index (χ1v) is 6.32. The number of hydrogen-bond donors (Lipinski definition) is 0. The molecule has 0 aliphatic heterocycles. The summed E-state index contributed by atoms with van der Waals surface area (Å²) in [6.45, 7) is 8.93. The molecule has 3 rings (SSSR count). The van der Waals surface area contributed by atoms with Gasteiger partial charge in [-0.25, -0.2) is 0 Å². The number of hydrogen-bond acceptors (Lipinski definition) is 1. The van der Waals surface area contributed by atoms with Gasteiger partial charge in [0.25, 0.3) is 0 Å². The monoisotopic (exact) mass is 216 g/mol. The third-order valence-corrected chi connectivity index (χ3v) is 4.74. The van der Waals surface area contributed by atoms with E-state index < -0.39 is 0 Å². The van der Waals surface area contributed by atoms with Gasteiger partial charge in [0.2, 0.25) is 0 Å². The zero-order chi connectivity index (χ0) is 11.3. The van der Waals surface area contributed by atoms with Gasteiger partial charge < -0.3 is 4.42 Å². The van der Waals surface area contributed by atoms with Crippen LogP contribution in [0.3, 0.4) is 0 Å². The minimum Gasteiger partial charge on any atom is -0.469 e. The Morgan fingerprint density at radius 1 is 1.38 bits per heavy atom. The van der Waals surface area contributed by atoms with Crippen LogP contribution in [0.1, 0.15) is 44.4 Å². The summed E-state index contributed by atoms with van der Waals surface area (Å²) < 4.78 is 5.65. The molecule has 86 valence electrons. The van der Waals surface area contributed by atoms with E-state index in [2.05, 4.69) is 26.5 Å². The van der Waals surface area contributed by atoms with E-state index in [4.69, 9.17) is 4.42 Å². The zero-order valence-corrected chi connectivity index (χ0v) is 10.3. The quantitative estimate of drug-likeness (QED) is 0.595. The van der Waals surface area contributed by atoms with Crippen LogP contribution in [0.15, 0.2) is 28.9 Å². The summed E-state index contributed by atoms with van der Waals surface area (Å²) in [5.74, 6) is 2.79. The number of allylic oxidation sites excluding steroid dienone is 1. The van der Waals surface area contributed by atoms with Crippen molar-refractivity contribution in [3.05, 3.63) is 35.8 Å². The van der Waals surface area contributed by atoms with Gasteiger partial charge in [-0.05, 0) is 48.1 Å². The van der Waals surface area contributed by atoms with E-state index in [1.54, 1.807) is 0 Å². The summed E-state index contributed by atoms with van der Waals surface area (Å²) in [5.41, 5.74) is 3.17. The van der Waals surface area contributed by atoms with Gasteiger partial charge in [0.1, 0.15) is 5.76 Å². The van der Waals surface area contributed by atoms with Crippen LogP contribution in [-0.4, -0.2) is 0 Å². The van der Waals surface area contributed by atoms with E-state index >= 15 is 0 Å². The molecule has 1 heteroatoms. The van der Waals surface area contributed by atoms with Crippen molar-refractivity contribution >= 4 is 0 Å². The van der Waals surface area contributed by atoms with Crippen LogP contribution in [0.4, 0.5) is 0 Å². The molecule has 0 unspecified atom stereocenters. The van der Waals surface area contributed by atoms with Crippen molar-refractivity contribution in [2.75, 3.05) is 0 Å². The van der Waals surface area contributed by atoms with Crippen LogP contribution in [0.5, 0.6) is 0 Å². The summed E-state index contributed by atoms with van der Waals surface area (Å²) in [5, 5.41) is 0. The number of rotatable bonds is 0. The Hall–Kier alpha value is -0.980. The van der Waals surface area contributed by atoms with Crippen molar-refractivity contribution in [3.63, 3.8) is 0 Å². The van der Waals surface area contributed by atoms with Crippen molar-refractivity contribution in [2.24, 2.45) is 11.8 Å². The van der Waals surface area contributed by atoms with Crippen molar-refractivity contribution in [1.29, 1.82) is 0 Å². The van der Waals surface area contributed by atoms with E-state index in [0.29, 0.717) is 0 Å². The molecule has 0 spiro atoms. The summed E-state index contributed by atoms with van der Waals surface area (Å²) in [4.78, 5) is 0. The van der Waals surface area contributed by atoms with Gasteiger partial charge >= 0.3 is 0 Å². The molecule has 16 heavy (non-hydrogen) atoms. The lowest BCUT2D eigenvalue weighted by Gasteiger charge is -2.46. The fraction of sp³-hybridized carbons (Fsp3) is 0.600. The molecular weight excluding hydrogens is 196 g/mol. The Morgan fingerprint density at radius 3 is 3.00 bits per heavy atom. The highest BCUT2D eigenvalue weighted by molar-refractivity contribution is 5.32. The molecule has 0 bridgehead atoms. The minimum absolute atomic E-state index is 0.284. The molecule has 0 radical (unpaired) electrons. The van der Waals surface area contributed by atoms with Crippen molar-refractivity contribution < 1.29 is 4.42 Å². The van der Waals surface area contributed by atoms with Gasteiger partial charge in [-0.15, -0.1) is 0 Å². The Bertz CT molecular complexity index is 424. The molecule has 1 heterocycles. The van der Waals surface area contributed by atoms with E-state index in [1.807, 2.05) is 6.26 Å². The Morgan fingerprint density at radius 2 is 2.19 bits per heavy atom. The number of furan rings is 1. The summed E-state index contributed by atoms with van der Waals surface area (Å²) in [6, 6.07) is 2.18. The molecule has 1 aromatic heterocycles. The summed E-state index contributed by atoms with van der Waals surface area (Å²) in [7, 11) is 0. The molecule has 0 aromatic carbocycles. The molecule has 0 N–H and O–H groups in total. The molecule has 1 nitrogen and oxygen atoms in total. The highest BCUT2D eigenvalue weighted by Crippen LogP contribution is 2.51. The molecule has 0 amide bonds. The van der Waals surface area contributed by atoms with Crippen molar-refractivity contribution in [3.8, 4) is 0 Å². The third-order valence-electron chi connectivity index (χ3n) is 4.74. The summed E-state index contributed by atoms with van der Waals surface area (Å²) >= 11 is 0. The Labute approximate surface area is 97.5 Å². The average Bonchev–Trinajstić information content (AvgIpc) is 2.65. The average molecular weight is 216 g/mol. The zero-order valence-electron chi connectivity index (χ0n) is 10.3. The molecular formula is C15H20O. The maximum Gasteiger partial charge on any atom is 0.107 e. The van der Waals surface area contributed by atoms with Gasteiger partial charge in [0.05, 0.1) is 6.26 Å². The molecule has 2 aliphatic rings. The van der Waals surface area contributed by atoms with Gasteiger partial charge in [-0.3, -0.25) is 0 Å². The van der Waals surface area contributed by atoms with Gasteiger partial charge in [0.15, 0.2) is 0 Å². The van der Waals surface area contributed by atoms with Gasteiger partial charge in [-0.1, -0.05) is 26.0 Å². The molecule has 1 aromatic rings. The second-order valence-corrected chi connectivity index (χ2v) is 6.04. The molecule has 2 atom stereocenters. The second-order valence-electron chi connectivity index (χ2n) is 6.04. The smallest absolute Gasteiger partial charge is 0.107 e. The van der Waals surface area contributed by atoms with Gasteiger partial charge in [0, 0.05) is 6.42 Å². The van der Waals surface area contributed by atoms with E-state index in [0.717, 1.165) is 18.3 Å². The van der Waals surface area contributed by atoms with E-state index in [1.165, 1.54) is 36.2 Å². The van der Waals surface area contributed by atoms with Crippen LogP contribution in [-0.2, 0) is 11.8 Å². The molecule has 1 saturated carbocycles. The topological polar surface area (TPSA) is 13.1 Å². The summed E-state index contributed by atoms with van der Waals surface area (Å²) in [6.07, 6.45) is 6.71. The molecule has 1 fully saturated rings. The molecule has 2 aliphatic carbocycles. The van der Waals surface area contributed by atoms with Crippen LogP contribution in [0.25, 0.3) is 0 Å². The van der Waals surface area contributed by atoms with Crippen LogP contribution in [0, 0.1) is 11.8 Å². The standard InChI is InChI=1S/C15H20O/c1-10-4-5-12-11(8-10)9-14-13(6-7-16-14)15(12,2)3/h6-7,11-12H,1,4-5,8-9H2,2-3H3/t11-,12-/m1/s1. The lowest BCUT2D eigenvalue weighted by molar-refractivity contribution is 0.146. The van der Waals surface area contributed by atoms with Crippen LogP contribution >= 0.6 is 0 Å². The van der Waals surface area contributed by atoms with Gasteiger partial charge in [-0.2, -0.15) is 0 Å². The van der Waals surface area contributed by atoms with Crippen LogP contribution < -0.4 is 0 Å². The lowest BCUT2D eigenvalue weighted by atomic mass is 9.58. The first kappa shape index (κ1) is 10.2. The maximum atomic E-state index is 5.65.